The smallest absolute Gasteiger partial charge is 0.295 e. The van der Waals surface area contributed by atoms with Crippen LogP contribution in [-0.2, 0) is 0 Å². The first-order valence-electron chi connectivity index (χ1n) is 5.95. The Labute approximate surface area is 116 Å². The van der Waals surface area contributed by atoms with Gasteiger partial charge in [-0.05, 0) is 6.07 Å². The van der Waals surface area contributed by atoms with Crippen LogP contribution in [0.15, 0.2) is 32.0 Å². The molecule has 2 aromatic heterocycles. The van der Waals surface area contributed by atoms with E-state index in [2.05, 4.69) is 0 Å². The highest BCUT2D eigenvalue weighted by molar-refractivity contribution is 6.06. The van der Waals surface area contributed by atoms with E-state index < -0.39 is 17.6 Å². The van der Waals surface area contributed by atoms with Crippen molar-refractivity contribution < 1.29 is 27.1 Å². The molecule has 0 spiro atoms. The van der Waals surface area contributed by atoms with Gasteiger partial charge in [-0.25, -0.2) is 8.78 Å². The van der Waals surface area contributed by atoms with Crippen LogP contribution >= 0.6 is 0 Å². The molecule has 0 amide bonds. The third-order valence-corrected chi connectivity index (χ3v) is 3.14. The topological polar surface area (TPSA) is 61.8 Å². The molecular formula is C14H10F2O5. The number of halogens is 2. The van der Waals surface area contributed by atoms with Crippen molar-refractivity contribution in [2.24, 2.45) is 0 Å². The average molecular weight is 296 g/mol. The Morgan fingerprint density at radius 2 is 1.86 bits per heavy atom. The molecule has 0 aliphatic carbocycles. The zero-order valence-electron chi connectivity index (χ0n) is 11.1. The zero-order valence-corrected chi connectivity index (χ0v) is 11.1. The highest BCUT2D eigenvalue weighted by Crippen LogP contribution is 2.42. The molecule has 0 fully saturated rings. The van der Waals surface area contributed by atoms with E-state index in [1.165, 1.54) is 20.5 Å². The molecule has 21 heavy (non-hydrogen) atoms. The summed E-state index contributed by atoms with van der Waals surface area (Å²) in [5.41, 5.74) is -0.499. The monoisotopic (exact) mass is 296 g/mol. The van der Waals surface area contributed by atoms with E-state index in [0.717, 1.165) is 6.07 Å². The van der Waals surface area contributed by atoms with Gasteiger partial charge in [0.05, 0.1) is 25.9 Å². The van der Waals surface area contributed by atoms with Crippen LogP contribution in [0.1, 0.15) is 12.2 Å². The van der Waals surface area contributed by atoms with Crippen molar-refractivity contribution in [2.45, 2.75) is 6.43 Å². The van der Waals surface area contributed by atoms with Gasteiger partial charge in [-0.3, -0.25) is 4.79 Å². The lowest BCUT2D eigenvalue weighted by atomic mass is 10.1. The summed E-state index contributed by atoms with van der Waals surface area (Å²) in [5.74, 6) is -0.465. The van der Waals surface area contributed by atoms with Crippen LogP contribution in [0, 0.1) is 0 Å². The third kappa shape index (κ3) is 1.84. The summed E-state index contributed by atoms with van der Waals surface area (Å²) in [6.07, 6.45) is -1.53. The maximum Gasteiger partial charge on any atom is 0.295 e. The lowest BCUT2D eigenvalue weighted by molar-refractivity contribution is 0.122. The van der Waals surface area contributed by atoms with Gasteiger partial charge in [-0.2, -0.15) is 0 Å². The predicted molar refractivity (Wildman–Crippen MR) is 70.3 cm³/mol. The molecule has 0 bridgehead atoms. The van der Waals surface area contributed by atoms with E-state index in [4.69, 9.17) is 18.3 Å². The second kappa shape index (κ2) is 4.76. The Kier molecular flexibility index (Phi) is 3.04. The number of benzene rings is 1. The largest absolute Gasteiger partial charge is 0.495 e. The van der Waals surface area contributed by atoms with Gasteiger partial charge < -0.3 is 18.3 Å². The average Bonchev–Trinajstić information content (AvgIpc) is 2.93. The highest BCUT2D eigenvalue weighted by Gasteiger charge is 2.24. The number of rotatable bonds is 3. The first-order valence-corrected chi connectivity index (χ1v) is 5.95. The fourth-order valence-corrected chi connectivity index (χ4v) is 2.29. The Balaban J connectivity index is 2.59. The summed E-state index contributed by atoms with van der Waals surface area (Å²) < 4.78 is 46.4. The molecule has 0 unspecified atom stereocenters. The summed E-state index contributed by atoms with van der Waals surface area (Å²) in [4.78, 5) is 12.2. The number of ether oxygens (including phenoxy) is 2. The van der Waals surface area contributed by atoms with E-state index in [9.17, 15) is 13.6 Å². The van der Waals surface area contributed by atoms with Crippen LogP contribution in [-0.4, -0.2) is 14.2 Å². The molecule has 110 valence electrons. The van der Waals surface area contributed by atoms with Crippen LogP contribution in [0.5, 0.6) is 11.5 Å². The van der Waals surface area contributed by atoms with Crippen molar-refractivity contribution in [2.75, 3.05) is 14.2 Å². The van der Waals surface area contributed by atoms with Crippen LogP contribution in [0.3, 0.4) is 0 Å². The third-order valence-electron chi connectivity index (χ3n) is 3.14. The molecule has 0 saturated carbocycles. The highest BCUT2D eigenvalue weighted by atomic mass is 19.3. The fourth-order valence-electron chi connectivity index (χ4n) is 2.29. The van der Waals surface area contributed by atoms with Gasteiger partial charge in [0.25, 0.3) is 6.43 Å². The van der Waals surface area contributed by atoms with Crippen LogP contribution in [0.2, 0.25) is 0 Å². The van der Waals surface area contributed by atoms with Gasteiger partial charge in [0, 0.05) is 6.07 Å². The summed E-state index contributed by atoms with van der Waals surface area (Å²) in [6.45, 7) is 0. The normalized spacial score (nSPS) is 11.5. The maximum absolute atomic E-state index is 12.8. The number of hydrogen-bond donors (Lipinski definition) is 0. The van der Waals surface area contributed by atoms with Gasteiger partial charge in [0.15, 0.2) is 22.4 Å². The Morgan fingerprint density at radius 3 is 2.48 bits per heavy atom. The standard InChI is InChI=1S/C14H10F2O5/c1-18-10-6-3-4-20-11(6)13(19-2)12-9(10)7(17)5-8(21-12)14(15)16/h3-5,14H,1-2H3. The SMILES string of the molecule is COc1c2occc2c(OC)c2c(=O)cc(C(F)F)oc12. The fraction of sp³-hybridized carbons (Fsp3) is 0.214. The molecule has 7 heteroatoms. The second-order valence-electron chi connectivity index (χ2n) is 4.25. The number of hydrogen-bond acceptors (Lipinski definition) is 5. The Morgan fingerprint density at radius 1 is 1.14 bits per heavy atom. The van der Waals surface area contributed by atoms with Crippen LogP contribution in [0.4, 0.5) is 8.78 Å². The van der Waals surface area contributed by atoms with Gasteiger partial charge in [-0.1, -0.05) is 0 Å². The van der Waals surface area contributed by atoms with E-state index in [1.807, 2.05) is 0 Å². The predicted octanol–water partition coefficient (Wildman–Crippen LogP) is 3.49. The molecule has 3 aromatic rings. The molecule has 0 aliphatic rings. The Bertz CT molecular complexity index is 878. The molecule has 3 rings (SSSR count). The molecule has 2 heterocycles. The summed E-state index contributed by atoms with van der Waals surface area (Å²) in [7, 11) is 2.70. The lowest BCUT2D eigenvalue weighted by Crippen LogP contribution is -2.06. The van der Waals surface area contributed by atoms with Gasteiger partial charge in [-0.15, -0.1) is 0 Å². The van der Waals surface area contributed by atoms with E-state index >= 15 is 0 Å². The van der Waals surface area contributed by atoms with Gasteiger partial charge in [0.2, 0.25) is 5.75 Å². The van der Waals surface area contributed by atoms with E-state index in [1.54, 1.807) is 6.07 Å². The van der Waals surface area contributed by atoms with Gasteiger partial charge >= 0.3 is 0 Å². The molecule has 0 radical (unpaired) electrons. The minimum absolute atomic E-state index is 0.0349. The molecule has 0 aliphatic heterocycles. The minimum Gasteiger partial charge on any atom is -0.495 e. The number of methoxy groups -OCH3 is 2. The van der Waals surface area contributed by atoms with Crippen molar-refractivity contribution in [3.05, 3.63) is 34.4 Å². The van der Waals surface area contributed by atoms with Crippen molar-refractivity contribution in [1.29, 1.82) is 0 Å². The molecule has 0 N–H and O–H groups in total. The minimum atomic E-state index is -2.91. The van der Waals surface area contributed by atoms with Crippen molar-refractivity contribution >= 4 is 21.9 Å². The molecule has 0 atom stereocenters. The number of furan rings is 1. The van der Waals surface area contributed by atoms with Crippen molar-refractivity contribution in [3.63, 3.8) is 0 Å². The van der Waals surface area contributed by atoms with Gasteiger partial charge in [0.1, 0.15) is 11.1 Å². The quantitative estimate of drug-likeness (QED) is 0.740. The molecule has 1 aromatic carbocycles. The van der Waals surface area contributed by atoms with E-state index in [-0.39, 0.29) is 28.1 Å². The number of alkyl halides is 2. The van der Waals surface area contributed by atoms with Crippen LogP contribution in [0.25, 0.3) is 21.9 Å². The zero-order chi connectivity index (χ0) is 15.1. The summed E-state index contributed by atoms with van der Waals surface area (Å²) in [6, 6.07) is 2.34. The van der Waals surface area contributed by atoms with Crippen molar-refractivity contribution in [1.82, 2.24) is 0 Å². The molecule has 5 nitrogen and oxygen atoms in total. The Hall–Kier alpha value is -2.57. The first-order chi connectivity index (χ1) is 10.1. The van der Waals surface area contributed by atoms with Crippen molar-refractivity contribution in [3.8, 4) is 11.5 Å². The molecular weight excluding hydrogens is 286 g/mol. The second-order valence-corrected chi connectivity index (χ2v) is 4.25. The lowest BCUT2D eigenvalue weighted by Gasteiger charge is -2.11. The maximum atomic E-state index is 12.8. The summed E-state index contributed by atoms with van der Waals surface area (Å²) >= 11 is 0. The summed E-state index contributed by atoms with van der Waals surface area (Å²) in [5, 5.41) is 0.534. The van der Waals surface area contributed by atoms with Crippen LogP contribution < -0.4 is 14.9 Å². The molecule has 0 saturated heterocycles. The van der Waals surface area contributed by atoms with E-state index in [0.29, 0.717) is 5.39 Å². The first kappa shape index (κ1) is 13.4. The number of fused-ring (bicyclic) bond motifs is 2.